The highest BCUT2D eigenvalue weighted by Gasteiger charge is 2.19. The van der Waals surface area contributed by atoms with E-state index in [1.807, 2.05) is 81.6 Å². The van der Waals surface area contributed by atoms with Crippen LogP contribution in [0.1, 0.15) is 31.9 Å². The number of aromatic nitrogens is 2. The van der Waals surface area contributed by atoms with Crippen LogP contribution in [0.5, 0.6) is 23.1 Å². The number of hydrogen-bond donors (Lipinski definition) is 0. The topological polar surface area (TPSA) is 36.3 Å². The summed E-state index contributed by atoms with van der Waals surface area (Å²) in [6.45, 7) is 6.50. The van der Waals surface area contributed by atoms with Crippen molar-refractivity contribution in [3.05, 3.63) is 102 Å². The molecule has 3 aromatic carbocycles. The Morgan fingerprint density at radius 3 is 2.29 bits per heavy atom. The molecule has 4 aromatic rings. The lowest BCUT2D eigenvalue weighted by Gasteiger charge is -2.20. The van der Waals surface area contributed by atoms with Gasteiger partial charge in [-0.1, -0.05) is 57.2 Å². The summed E-state index contributed by atoms with van der Waals surface area (Å²) in [5, 5.41) is 4.45. The van der Waals surface area contributed by atoms with Gasteiger partial charge >= 0.3 is 0 Å². The van der Waals surface area contributed by atoms with Crippen LogP contribution in [-0.4, -0.2) is 9.78 Å². The van der Waals surface area contributed by atoms with Crippen molar-refractivity contribution in [1.82, 2.24) is 9.78 Å². The maximum Gasteiger partial charge on any atom is 0.238 e. The third kappa shape index (κ3) is 5.31. The second kappa shape index (κ2) is 8.64. The van der Waals surface area contributed by atoms with Crippen molar-refractivity contribution in [2.24, 2.45) is 0 Å². The number of ether oxygens (including phenoxy) is 2. The van der Waals surface area contributed by atoms with Gasteiger partial charge in [0.2, 0.25) is 5.88 Å². The molecule has 1 aromatic heterocycles. The maximum atomic E-state index is 14.4. The lowest BCUT2D eigenvalue weighted by Crippen LogP contribution is -2.13. The molecule has 0 unspecified atom stereocenters. The molecule has 4 nitrogen and oxygen atoms in total. The molecule has 0 amide bonds. The third-order valence-corrected chi connectivity index (χ3v) is 4.81. The van der Waals surface area contributed by atoms with Crippen molar-refractivity contribution in [2.75, 3.05) is 0 Å². The largest absolute Gasteiger partial charge is 0.457 e. The minimum atomic E-state index is -0.278. The van der Waals surface area contributed by atoms with Crippen LogP contribution >= 0.6 is 0 Å². The number of nitrogens with zero attached hydrogens (tertiary/aromatic N) is 2. The second-order valence-electron chi connectivity index (χ2n) is 8.41. The van der Waals surface area contributed by atoms with Gasteiger partial charge in [-0.15, -0.1) is 5.10 Å². The number of hydrogen-bond acceptors (Lipinski definition) is 3. The van der Waals surface area contributed by atoms with E-state index >= 15 is 0 Å². The fraction of sp³-hybridized carbons (Fsp3) is 0.192. The third-order valence-electron chi connectivity index (χ3n) is 4.81. The maximum absolute atomic E-state index is 14.4. The Balaban J connectivity index is 1.43. The summed E-state index contributed by atoms with van der Waals surface area (Å²) < 4.78 is 27.8. The summed E-state index contributed by atoms with van der Waals surface area (Å²) in [6, 6.07) is 24.2. The van der Waals surface area contributed by atoms with Gasteiger partial charge in [-0.2, -0.15) is 0 Å². The zero-order valence-electron chi connectivity index (χ0n) is 17.9. The highest BCUT2D eigenvalue weighted by molar-refractivity contribution is 5.35. The molecular formula is C26H25FN2O2. The van der Waals surface area contributed by atoms with Crippen molar-refractivity contribution >= 4 is 0 Å². The van der Waals surface area contributed by atoms with Gasteiger partial charge in [0, 0.05) is 18.3 Å². The number of para-hydroxylation sites is 1. The Labute approximate surface area is 181 Å². The summed E-state index contributed by atoms with van der Waals surface area (Å²) in [4.78, 5) is 0. The summed E-state index contributed by atoms with van der Waals surface area (Å²) in [5.41, 5.74) is 1.44. The second-order valence-corrected chi connectivity index (χ2v) is 8.41. The van der Waals surface area contributed by atoms with Gasteiger partial charge in [0.1, 0.15) is 23.1 Å². The van der Waals surface area contributed by atoms with E-state index in [0.717, 1.165) is 17.1 Å². The molecular weight excluding hydrogens is 391 g/mol. The predicted molar refractivity (Wildman–Crippen MR) is 119 cm³/mol. The lowest BCUT2D eigenvalue weighted by molar-refractivity contribution is 0.442. The molecule has 0 aliphatic carbocycles. The van der Waals surface area contributed by atoms with E-state index in [9.17, 15) is 4.39 Å². The van der Waals surface area contributed by atoms with Crippen molar-refractivity contribution in [3.63, 3.8) is 0 Å². The van der Waals surface area contributed by atoms with E-state index in [1.165, 1.54) is 6.07 Å². The van der Waals surface area contributed by atoms with Crippen LogP contribution in [0.25, 0.3) is 0 Å². The molecule has 0 bridgehead atoms. The van der Waals surface area contributed by atoms with Gasteiger partial charge in [0.15, 0.2) is 0 Å². The Morgan fingerprint density at radius 1 is 0.806 bits per heavy atom. The molecule has 0 saturated heterocycles. The first-order valence-electron chi connectivity index (χ1n) is 10.2. The van der Waals surface area contributed by atoms with Gasteiger partial charge < -0.3 is 9.47 Å². The lowest BCUT2D eigenvalue weighted by atomic mass is 9.87. The zero-order chi connectivity index (χ0) is 21.8. The molecule has 0 fully saturated rings. The molecule has 0 N–H and O–H groups in total. The fourth-order valence-electron chi connectivity index (χ4n) is 3.29. The molecule has 4 rings (SSSR count). The van der Waals surface area contributed by atoms with E-state index in [-0.39, 0.29) is 11.2 Å². The summed E-state index contributed by atoms with van der Waals surface area (Å²) in [6.07, 6.45) is 1.83. The first-order valence-corrected chi connectivity index (χ1v) is 10.2. The molecule has 31 heavy (non-hydrogen) atoms. The highest BCUT2D eigenvalue weighted by atomic mass is 19.1. The van der Waals surface area contributed by atoms with Gasteiger partial charge in [-0.25, -0.2) is 4.39 Å². The Kier molecular flexibility index (Phi) is 5.76. The average molecular weight is 416 g/mol. The molecule has 158 valence electrons. The van der Waals surface area contributed by atoms with Crippen LogP contribution in [0.4, 0.5) is 4.39 Å². The number of rotatable bonds is 6. The summed E-state index contributed by atoms with van der Waals surface area (Å²) >= 11 is 0. The quantitative estimate of drug-likeness (QED) is 0.341. The van der Waals surface area contributed by atoms with E-state index in [2.05, 4.69) is 5.10 Å². The van der Waals surface area contributed by atoms with Gasteiger partial charge in [-0.3, -0.25) is 4.68 Å². The predicted octanol–water partition coefficient (Wildman–Crippen LogP) is 6.95. The molecule has 1 heterocycles. The van der Waals surface area contributed by atoms with E-state index in [4.69, 9.17) is 9.47 Å². The average Bonchev–Trinajstić information content (AvgIpc) is 3.15. The Hall–Kier alpha value is -3.60. The minimum absolute atomic E-state index is 0.261. The standard InChI is InChI=1S/C26H25FN2O2/c1-26(2,3)23-13-12-22(17-24(23)27)31-25-14-15-29(28-25)18-19-8-7-11-21(16-19)30-20-9-5-4-6-10-20/h4-17H,18H2,1-3H3. The molecule has 0 saturated carbocycles. The van der Waals surface area contributed by atoms with Crippen molar-refractivity contribution in [1.29, 1.82) is 0 Å². The first kappa shape index (κ1) is 20.7. The summed E-state index contributed by atoms with van der Waals surface area (Å²) in [5.74, 6) is 2.12. The summed E-state index contributed by atoms with van der Waals surface area (Å²) in [7, 11) is 0. The fourth-order valence-corrected chi connectivity index (χ4v) is 3.29. The van der Waals surface area contributed by atoms with Crippen LogP contribution in [0.2, 0.25) is 0 Å². The monoisotopic (exact) mass is 416 g/mol. The SMILES string of the molecule is CC(C)(C)c1ccc(Oc2ccn(Cc3cccc(Oc4ccccc4)c3)n2)cc1F. The molecule has 0 atom stereocenters. The minimum Gasteiger partial charge on any atom is -0.457 e. The van der Waals surface area contributed by atoms with Crippen LogP contribution in [0, 0.1) is 5.82 Å². The number of benzene rings is 3. The normalized spacial score (nSPS) is 11.4. The van der Waals surface area contributed by atoms with Crippen LogP contribution in [0.3, 0.4) is 0 Å². The molecule has 0 radical (unpaired) electrons. The van der Waals surface area contributed by atoms with Gasteiger partial charge in [0.25, 0.3) is 0 Å². The van der Waals surface area contributed by atoms with Gasteiger partial charge in [0.05, 0.1) is 6.54 Å². The molecule has 0 aliphatic rings. The van der Waals surface area contributed by atoms with Crippen molar-refractivity contribution < 1.29 is 13.9 Å². The van der Waals surface area contributed by atoms with E-state index in [0.29, 0.717) is 23.7 Å². The number of halogens is 1. The van der Waals surface area contributed by atoms with Crippen LogP contribution in [-0.2, 0) is 12.0 Å². The van der Waals surface area contributed by atoms with Crippen LogP contribution < -0.4 is 9.47 Å². The van der Waals surface area contributed by atoms with Gasteiger partial charge in [-0.05, 0) is 46.9 Å². The first-order chi connectivity index (χ1) is 14.9. The molecule has 0 spiro atoms. The van der Waals surface area contributed by atoms with E-state index < -0.39 is 0 Å². The Bertz CT molecular complexity index is 1160. The molecule has 5 heteroatoms. The highest BCUT2D eigenvalue weighted by Crippen LogP contribution is 2.29. The zero-order valence-corrected chi connectivity index (χ0v) is 17.9. The van der Waals surface area contributed by atoms with E-state index in [1.54, 1.807) is 22.9 Å². The molecule has 0 aliphatic heterocycles. The Morgan fingerprint density at radius 2 is 1.55 bits per heavy atom. The smallest absolute Gasteiger partial charge is 0.238 e. The van der Waals surface area contributed by atoms with Crippen molar-refractivity contribution in [2.45, 2.75) is 32.7 Å². The van der Waals surface area contributed by atoms with Crippen molar-refractivity contribution in [3.8, 4) is 23.1 Å². The van der Waals surface area contributed by atoms with Crippen LogP contribution in [0.15, 0.2) is 85.1 Å².